The fourth-order valence-corrected chi connectivity index (χ4v) is 2.25. The van der Waals surface area contributed by atoms with E-state index in [1.54, 1.807) is 19.1 Å². The second-order valence-electron chi connectivity index (χ2n) is 5.40. The predicted octanol–water partition coefficient (Wildman–Crippen LogP) is 2.15. The van der Waals surface area contributed by atoms with Crippen molar-refractivity contribution in [3.8, 4) is 0 Å². The Morgan fingerprint density at radius 1 is 1.17 bits per heavy atom. The molecule has 0 aliphatic carbocycles. The van der Waals surface area contributed by atoms with Crippen molar-refractivity contribution in [1.29, 1.82) is 5.41 Å². The van der Waals surface area contributed by atoms with Crippen molar-refractivity contribution >= 4 is 11.7 Å². The van der Waals surface area contributed by atoms with Gasteiger partial charge in [0, 0.05) is 19.2 Å². The number of amides is 1. The molecule has 0 spiro atoms. The van der Waals surface area contributed by atoms with Crippen LogP contribution in [0, 0.1) is 5.41 Å². The molecule has 4 N–H and O–H groups in total. The van der Waals surface area contributed by atoms with E-state index in [4.69, 9.17) is 15.9 Å². The molecule has 2 rings (SSSR count). The third-order valence-electron chi connectivity index (χ3n) is 3.88. The van der Waals surface area contributed by atoms with Gasteiger partial charge < -0.3 is 15.8 Å². The van der Waals surface area contributed by atoms with Crippen LogP contribution in [0.1, 0.15) is 23.6 Å². The Labute approximate surface area is 136 Å². The third-order valence-corrected chi connectivity index (χ3v) is 3.88. The van der Waals surface area contributed by atoms with Crippen LogP contribution in [0.25, 0.3) is 0 Å². The monoisotopic (exact) mass is 311 g/mol. The largest absolute Gasteiger partial charge is 0.384 e. The summed E-state index contributed by atoms with van der Waals surface area (Å²) in [5.41, 5.74) is 6.76. The van der Waals surface area contributed by atoms with E-state index in [-0.39, 0.29) is 11.7 Å². The van der Waals surface area contributed by atoms with E-state index < -0.39 is 5.60 Å². The van der Waals surface area contributed by atoms with Gasteiger partial charge in [-0.3, -0.25) is 10.2 Å². The van der Waals surface area contributed by atoms with Crippen LogP contribution in [0.3, 0.4) is 0 Å². The van der Waals surface area contributed by atoms with Crippen LogP contribution in [0.15, 0.2) is 54.6 Å². The van der Waals surface area contributed by atoms with Crippen LogP contribution in [-0.4, -0.2) is 18.9 Å². The number of methoxy groups -OCH3 is 1. The average Bonchev–Trinajstić information content (AvgIpc) is 2.60. The molecule has 0 unspecified atom stereocenters. The number of hydrogen-bond acceptors (Lipinski definition) is 3. The maximum atomic E-state index is 12.6. The minimum atomic E-state index is -1.04. The van der Waals surface area contributed by atoms with Gasteiger partial charge in [-0.1, -0.05) is 54.6 Å². The molecule has 2 aromatic rings. The molecule has 0 saturated heterocycles. The average molecular weight is 311 g/mol. The first-order valence-electron chi connectivity index (χ1n) is 7.29. The second kappa shape index (κ2) is 7.07. The first-order chi connectivity index (χ1) is 11.0. The van der Waals surface area contributed by atoms with Crippen LogP contribution in [-0.2, 0) is 21.7 Å². The predicted molar refractivity (Wildman–Crippen MR) is 90.1 cm³/mol. The molecule has 1 atom stereocenters. The molecule has 0 radical (unpaired) electrons. The lowest BCUT2D eigenvalue weighted by atomic mass is 9.94. The normalized spacial score (nSPS) is 13.1. The van der Waals surface area contributed by atoms with Gasteiger partial charge in [0.1, 0.15) is 5.84 Å². The zero-order chi connectivity index (χ0) is 16.9. The standard InChI is InChI=1S/C18H21N3O2/c1-18(23-2,15-6-4-3-5-7-15)17(22)21-12-13-8-10-14(11-9-13)16(19)20/h3-11H,12H2,1-2H3,(H3,19,20)(H,21,22)/t18-/m0/s1. The lowest BCUT2D eigenvalue weighted by Gasteiger charge is -2.27. The minimum Gasteiger partial charge on any atom is -0.384 e. The second-order valence-corrected chi connectivity index (χ2v) is 5.40. The number of rotatable bonds is 6. The molecule has 0 saturated carbocycles. The van der Waals surface area contributed by atoms with Gasteiger partial charge in [-0.05, 0) is 18.1 Å². The van der Waals surface area contributed by atoms with Crippen LogP contribution < -0.4 is 11.1 Å². The molecule has 2 aromatic carbocycles. The van der Waals surface area contributed by atoms with E-state index >= 15 is 0 Å². The quantitative estimate of drug-likeness (QED) is 0.564. The molecular formula is C18H21N3O2. The zero-order valence-electron chi connectivity index (χ0n) is 13.3. The Kier molecular flexibility index (Phi) is 5.13. The minimum absolute atomic E-state index is 0.0246. The van der Waals surface area contributed by atoms with Crippen molar-refractivity contribution in [3.05, 3.63) is 71.3 Å². The lowest BCUT2D eigenvalue weighted by molar-refractivity contribution is -0.142. The van der Waals surface area contributed by atoms with Gasteiger partial charge in [-0.15, -0.1) is 0 Å². The van der Waals surface area contributed by atoms with Crippen LogP contribution in [0.4, 0.5) is 0 Å². The molecule has 1 amide bonds. The van der Waals surface area contributed by atoms with Crippen molar-refractivity contribution in [2.45, 2.75) is 19.1 Å². The van der Waals surface area contributed by atoms with Gasteiger partial charge in [0.2, 0.25) is 0 Å². The summed E-state index contributed by atoms with van der Waals surface area (Å²) in [6.07, 6.45) is 0. The number of nitrogens with two attached hydrogens (primary N) is 1. The maximum absolute atomic E-state index is 12.6. The Bertz CT molecular complexity index is 683. The maximum Gasteiger partial charge on any atom is 0.256 e. The van der Waals surface area contributed by atoms with Gasteiger partial charge in [0.25, 0.3) is 5.91 Å². The van der Waals surface area contributed by atoms with Gasteiger partial charge in [0.05, 0.1) is 0 Å². The van der Waals surface area contributed by atoms with Crippen molar-refractivity contribution < 1.29 is 9.53 Å². The fourth-order valence-electron chi connectivity index (χ4n) is 2.25. The molecule has 5 nitrogen and oxygen atoms in total. The van der Waals surface area contributed by atoms with Gasteiger partial charge in [-0.25, -0.2) is 0 Å². The first-order valence-corrected chi connectivity index (χ1v) is 7.29. The van der Waals surface area contributed by atoms with Crippen molar-refractivity contribution in [2.24, 2.45) is 5.73 Å². The Morgan fingerprint density at radius 3 is 2.30 bits per heavy atom. The summed E-state index contributed by atoms with van der Waals surface area (Å²) in [6, 6.07) is 16.6. The van der Waals surface area contributed by atoms with E-state index in [2.05, 4.69) is 5.32 Å². The molecular weight excluding hydrogens is 290 g/mol. The number of ether oxygens (including phenoxy) is 1. The molecule has 0 aromatic heterocycles. The Balaban J connectivity index is 2.07. The molecule has 120 valence electrons. The van der Waals surface area contributed by atoms with E-state index in [0.29, 0.717) is 12.1 Å². The van der Waals surface area contributed by atoms with Crippen molar-refractivity contribution in [2.75, 3.05) is 7.11 Å². The SMILES string of the molecule is CO[C@](C)(C(=O)NCc1ccc(C(=N)N)cc1)c1ccccc1. The highest BCUT2D eigenvalue weighted by molar-refractivity contribution is 5.94. The highest BCUT2D eigenvalue weighted by Gasteiger charge is 2.34. The van der Waals surface area contributed by atoms with E-state index in [1.165, 1.54) is 7.11 Å². The summed E-state index contributed by atoms with van der Waals surface area (Å²) >= 11 is 0. The summed E-state index contributed by atoms with van der Waals surface area (Å²) in [5.74, 6) is -0.182. The smallest absolute Gasteiger partial charge is 0.256 e. The highest BCUT2D eigenvalue weighted by Crippen LogP contribution is 2.24. The highest BCUT2D eigenvalue weighted by atomic mass is 16.5. The number of hydrogen-bond donors (Lipinski definition) is 3. The van der Waals surface area contributed by atoms with E-state index in [9.17, 15) is 4.79 Å². The number of amidine groups is 1. The summed E-state index contributed by atoms with van der Waals surface area (Å²) in [4.78, 5) is 12.6. The van der Waals surface area contributed by atoms with Crippen LogP contribution in [0.2, 0.25) is 0 Å². The fraction of sp³-hybridized carbons (Fsp3) is 0.222. The summed E-state index contributed by atoms with van der Waals surface area (Å²) < 4.78 is 5.47. The summed E-state index contributed by atoms with van der Waals surface area (Å²) in [6.45, 7) is 2.12. The number of carbonyl (C=O) groups is 1. The Morgan fingerprint density at radius 2 is 1.78 bits per heavy atom. The first kappa shape index (κ1) is 16.7. The molecule has 0 heterocycles. The molecule has 0 aliphatic rings. The molecule has 0 fully saturated rings. The topological polar surface area (TPSA) is 88.2 Å². The number of nitrogens with one attached hydrogen (secondary N) is 2. The van der Waals surface area contributed by atoms with Gasteiger partial charge in [-0.2, -0.15) is 0 Å². The lowest BCUT2D eigenvalue weighted by Crippen LogP contribution is -2.43. The van der Waals surface area contributed by atoms with E-state index in [0.717, 1.165) is 11.1 Å². The number of benzene rings is 2. The van der Waals surface area contributed by atoms with Gasteiger partial charge in [0.15, 0.2) is 5.60 Å². The molecule has 23 heavy (non-hydrogen) atoms. The third kappa shape index (κ3) is 3.76. The van der Waals surface area contributed by atoms with Crippen LogP contribution in [0.5, 0.6) is 0 Å². The van der Waals surface area contributed by atoms with Gasteiger partial charge >= 0.3 is 0 Å². The van der Waals surface area contributed by atoms with Crippen molar-refractivity contribution in [1.82, 2.24) is 5.32 Å². The number of carbonyl (C=O) groups excluding carboxylic acids is 1. The Hall–Kier alpha value is -2.66. The van der Waals surface area contributed by atoms with E-state index in [1.807, 2.05) is 42.5 Å². The van der Waals surface area contributed by atoms with Crippen molar-refractivity contribution in [3.63, 3.8) is 0 Å². The summed E-state index contributed by atoms with van der Waals surface area (Å²) in [7, 11) is 1.52. The zero-order valence-corrected chi connectivity index (χ0v) is 13.3. The molecule has 0 aliphatic heterocycles. The molecule has 0 bridgehead atoms. The number of nitrogen functional groups attached to an aromatic ring is 1. The van der Waals surface area contributed by atoms with Crippen LogP contribution >= 0.6 is 0 Å². The molecule has 5 heteroatoms. The summed E-state index contributed by atoms with van der Waals surface area (Å²) in [5, 5.41) is 10.3.